The quantitative estimate of drug-likeness (QED) is 0.751. The lowest BCUT2D eigenvalue weighted by atomic mass is 9.99. The van der Waals surface area contributed by atoms with Gasteiger partial charge in [-0.05, 0) is 54.9 Å². The lowest BCUT2D eigenvalue weighted by molar-refractivity contribution is 0.413. The van der Waals surface area contributed by atoms with Crippen molar-refractivity contribution < 1.29 is 9.13 Å². The van der Waals surface area contributed by atoms with Gasteiger partial charge in [0.15, 0.2) is 0 Å². The molecule has 0 heterocycles. The van der Waals surface area contributed by atoms with Crippen molar-refractivity contribution in [3.05, 3.63) is 62.3 Å². The first-order valence-electron chi connectivity index (χ1n) is 6.49. The number of hydrogen-bond acceptors (Lipinski definition) is 2. The van der Waals surface area contributed by atoms with Crippen molar-refractivity contribution in [3.8, 4) is 5.75 Å². The van der Waals surface area contributed by atoms with E-state index < -0.39 is 0 Å². The zero-order chi connectivity index (χ0) is 15.4. The summed E-state index contributed by atoms with van der Waals surface area (Å²) in [5.41, 5.74) is 2.15. The van der Waals surface area contributed by atoms with Gasteiger partial charge in [-0.1, -0.05) is 37.9 Å². The van der Waals surface area contributed by atoms with Gasteiger partial charge in [0.05, 0.1) is 7.11 Å². The number of nitrogens with one attached hydrogen (secondary N) is 1. The summed E-state index contributed by atoms with van der Waals surface area (Å²) in [5.74, 6) is 0.570. The topological polar surface area (TPSA) is 21.3 Å². The highest BCUT2D eigenvalue weighted by atomic mass is 79.9. The van der Waals surface area contributed by atoms with Gasteiger partial charge < -0.3 is 10.1 Å². The molecule has 112 valence electrons. The first-order chi connectivity index (χ1) is 10.0. The summed E-state index contributed by atoms with van der Waals surface area (Å²) in [6.07, 6.45) is 0.739. The molecule has 0 bridgehead atoms. The van der Waals surface area contributed by atoms with Crippen LogP contribution in [0.2, 0.25) is 0 Å². The maximum absolute atomic E-state index is 13.2. The minimum Gasteiger partial charge on any atom is -0.497 e. The van der Waals surface area contributed by atoms with Crippen LogP contribution in [0.25, 0.3) is 0 Å². The number of rotatable bonds is 5. The maximum Gasteiger partial charge on any atom is 0.124 e. The molecule has 2 nitrogen and oxygen atoms in total. The standard InChI is InChI=1S/C16H16Br2FNO/c1-20-16(7-10-3-4-11(19)8-15(10)18)13-9-12(21-2)5-6-14(13)17/h3-6,8-9,16,20H,7H2,1-2H3. The van der Waals surface area contributed by atoms with Crippen molar-refractivity contribution in [3.63, 3.8) is 0 Å². The average molecular weight is 417 g/mol. The van der Waals surface area contributed by atoms with Crippen LogP contribution in [0, 0.1) is 5.82 Å². The Morgan fingerprint density at radius 1 is 1.14 bits per heavy atom. The van der Waals surface area contributed by atoms with E-state index in [1.807, 2.05) is 25.2 Å². The monoisotopic (exact) mass is 415 g/mol. The van der Waals surface area contributed by atoms with Crippen LogP contribution in [0.5, 0.6) is 5.75 Å². The molecule has 1 atom stereocenters. The Bertz CT molecular complexity index is 634. The third-order valence-corrected chi connectivity index (χ3v) is 4.83. The molecule has 2 rings (SSSR count). The SMILES string of the molecule is CNC(Cc1ccc(F)cc1Br)c1cc(OC)ccc1Br. The minimum absolute atomic E-state index is 0.0937. The fraction of sp³-hybridized carbons (Fsp3) is 0.250. The van der Waals surface area contributed by atoms with E-state index >= 15 is 0 Å². The molecular weight excluding hydrogens is 401 g/mol. The van der Waals surface area contributed by atoms with Crippen LogP contribution in [0.1, 0.15) is 17.2 Å². The van der Waals surface area contributed by atoms with E-state index in [4.69, 9.17) is 4.74 Å². The number of benzene rings is 2. The molecule has 0 radical (unpaired) electrons. The van der Waals surface area contributed by atoms with Gasteiger partial charge in [-0.3, -0.25) is 0 Å². The van der Waals surface area contributed by atoms with Gasteiger partial charge in [0.25, 0.3) is 0 Å². The Labute approximate surface area is 141 Å². The molecule has 0 saturated carbocycles. The van der Waals surface area contributed by atoms with Crippen LogP contribution in [0.3, 0.4) is 0 Å². The van der Waals surface area contributed by atoms with Crippen LogP contribution >= 0.6 is 31.9 Å². The Morgan fingerprint density at radius 3 is 2.52 bits per heavy atom. The molecule has 2 aromatic rings. The smallest absolute Gasteiger partial charge is 0.124 e. The normalized spacial score (nSPS) is 12.2. The predicted octanol–water partition coefficient (Wildman–Crippen LogP) is 4.86. The highest BCUT2D eigenvalue weighted by Gasteiger charge is 2.16. The number of likely N-dealkylation sites (N-methyl/N-ethyl adjacent to an activating group) is 1. The molecule has 2 aromatic carbocycles. The molecular formula is C16H16Br2FNO. The Balaban J connectivity index is 2.31. The van der Waals surface area contributed by atoms with Crippen LogP contribution in [0.15, 0.2) is 45.3 Å². The molecule has 0 aliphatic heterocycles. The largest absolute Gasteiger partial charge is 0.497 e. The number of ether oxygens (including phenoxy) is 1. The molecule has 0 aliphatic rings. The van der Waals surface area contributed by atoms with Gasteiger partial charge >= 0.3 is 0 Å². The van der Waals surface area contributed by atoms with Crippen molar-refractivity contribution in [2.45, 2.75) is 12.5 Å². The molecule has 1 N–H and O–H groups in total. The van der Waals surface area contributed by atoms with Crippen LogP contribution in [-0.2, 0) is 6.42 Å². The number of halogens is 3. The number of hydrogen-bond donors (Lipinski definition) is 1. The first kappa shape index (κ1) is 16.5. The fourth-order valence-corrected chi connectivity index (χ4v) is 3.23. The third kappa shape index (κ3) is 4.05. The molecule has 1 unspecified atom stereocenters. The molecule has 0 aliphatic carbocycles. The van der Waals surface area contributed by atoms with Crippen LogP contribution in [-0.4, -0.2) is 14.2 Å². The van der Waals surface area contributed by atoms with Gasteiger partial charge in [0.1, 0.15) is 11.6 Å². The van der Waals surface area contributed by atoms with E-state index in [2.05, 4.69) is 37.2 Å². The molecule has 0 aromatic heterocycles. The van der Waals surface area contributed by atoms with E-state index in [-0.39, 0.29) is 11.9 Å². The van der Waals surface area contributed by atoms with E-state index in [0.29, 0.717) is 0 Å². The highest BCUT2D eigenvalue weighted by Crippen LogP contribution is 2.31. The molecule has 0 spiro atoms. The zero-order valence-corrected chi connectivity index (χ0v) is 15.0. The van der Waals surface area contributed by atoms with Crippen molar-refractivity contribution in [1.82, 2.24) is 5.32 Å². The third-order valence-electron chi connectivity index (χ3n) is 3.37. The molecule has 0 fully saturated rings. The predicted molar refractivity (Wildman–Crippen MR) is 90.3 cm³/mol. The lowest BCUT2D eigenvalue weighted by Gasteiger charge is -2.20. The van der Waals surface area contributed by atoms with Crippen LogP contribution < -0.4 is 10.1 Å². The van der Waals surface area contributed by atoms with Crippen molar-refractivity contribution >= 4 is 31.9 Å². The van der Waals surface area contributed by atoms with E-state index in [0.717, 1.165) is 32.2 Å². The summed E-state index contributed by atoms with van der Waals surface area (Å²) >= 11 is 7.00. The van der Waals surface area contributed by atoms with Crippen molar-refractivity contribution in [2.75, 3.05) is 14.2 Å². The zero-order valence-electron chi connectivity index (χ0n) is 11.8. The number of methoxy groups -OCH3 is 1. The van der Waals surface area contributed by atoms with Gasteiger partial charge in [0.2, 0.25) is 0 Å². The molecule has 21 heavy (non-hydrogen) atoms. The second-order valence-corrected chi connectivity index (χ2v) is 6.38. The van der Waals surface area contributed by atoms with E-state index in [1.54, 1.807) is 13.2 Å². The summed E-state index contributed by atoms with van der Waals surface area (Å²) in [5, 5.41) is 3.30. The Morgan fingerprint density at radius 2 is 1.90 bits per heavy atom. The summed E-state index contributed by atoms with van der Waals surface area (Å²) in [4.78, 5) is 0. The second kappa shape index (κ2) is 7.38. The van der Waals surface area contributed by atoms with Gasteiger partial charge in [-0.25, -0.2) is 4.39 Å². The highest BCUT2D eigenvalue weighted by molar-refractivity contribution is 9.10. The van der Waals surface area contributed by atoms with Crippen molar-refractivity contribution in [1.29, 1.82) is 0 Å². The van der Waals surface area contributed by atoms with Gasteiger partial charge in [0, 0.05) is 15.0 Å². The van der Waals surface area contributed by atoms with Crippen molar-refractivity contribution in [2.24, 2.45) is 0 Å². The minimum atomic E-state index is -0.241. The fourth-order valence-electron chi connectivity index (χ4n) is 2.19. The summed E-state index contributed by atoms with van der Waals surface area (Å²) in [6.45, 7) is 0. The van der Waals surface area contributed by atoms with E-state index in [9.17, 15) is 4.39 Å². The van der Waals surface area contributed by atoms with Crippen LogP contribution in [0.4, 0.5) is 4.39 Å². The molecule has 0 amide bonds. The Kier molecular flexibility index (Phi) is 5.79. The average Bonchev–Trinajstić information content (AvgIpc) is 2.47. The van der Waals surface area contributed by atoms with Gasteiger partial charge in [-0.15, -0.1) is 0 Å². The lowest BCUT2D eigenvalue weighted by Crippen LogP contribution is -2.19. The molecule has 0 saturated heterocycles. The summed E-state index contributed by atoms with van der Waals surface area (Å²) < 4.78 is 20.3. The van der Waals surface area contributed by atoms with E-state index in [1.165, 1.54) is 12.1 Å². The second-order valence-electron chi connectivity index (χ2n) is 4.67. The molecule has 5 heteroatoms. The summed E-state index contributed by atoms with van der Waals surface area (Å²) in [7, 11) is 3.56. The Hall–Kier alpha value is -0.910. The van der Waals surface area contributed by atoms with Gasteiger partial charge in [-0.2, -0.15) is 0 Å². The maximum atomic E-state index is 13.2. The summed E-state index contributed by atoms with van der Waals surface area (Å²) in [6, 6.07) is 10.7. The first-order valence-corrected chi connectivity index (χ1v) is 8.08.